The molecule has 2 heterocycles. The Morgan fingerprint density at radius 2 is 2.22 bits per heavy atom. The summed E-state index contributed by atoms with van der Waals surface area (Å²) in [5.74, 6) is 1.77. The molecule has 0 saturated carbocycles. The van der Waals surface area contributed by atoms with Crippen molar-refractivity contribution in [3.8, 4) is 33.8 Å². The first kappa shape index (κ1) is 17.7. The number of rotatable bonds is 6. The van der Waals surface area contributed by atoms with Gasteiger partial charge in [0.25, 0.3) is 0 Å². The van der Waals surface area contributed by atoms with Gasteiger partial charge in [0.05, 0.1) is 6.61 Å². The molecule has 0 spiro atoms. The standard InChI is InChI=1S/C21H20N2O3S/c1-23-10-14-2-4-15(5-3-14)11-24-21-17(9-22)18(12-27-21)16-6-7-19-20(8-16)26-13-25-19/h2-4,6-8,12,15,23H,5,10-11,13H2,1H3. The van der Waals surface area contributed by atoms with Gasteiger partial charge in [0.15, 0.2) is 16.6 Å². The maximum atomic E-state index is 9.66. The van der Waals surface area contributed by atoms with Crippen molar-refractivity contribution in [3.63, 3.8) is 0 Å². The maximum Gasteiger partial charge on any atom is 0.231 e. The zero-order chi connectivity index (χ0) is 18.6. The first-order chi connectivity index (χ1) is 13.3. The first-order valence-electron chi connectivity index (χ1n) is 8.84. The molecule has 0 saturated heterocycles. The molecule has 1 atom stereocenters. The molecule has 5 nitrogen and oxygen atoms in total. The van der Waals surface area contributed by atoms with Crippen molar-refractivity contribution < 1.29 is 14.2 Å². The highest BCUT2D eigenvalue weighted by atomic mass is 32.1. The van der Waals surface area contributed by atoms with Crippen LogP contribution in [-0.2, 0) is 0 Å². The van der Waals surface area contributed by atoms with Crippen molar-refractivity contribution in [2.75, 3.05) is 27.0 Å². The highest BCUT2D eigenvalue weighted by molar-refractivity contribution is 7.12. The van der Waals surface area contributed by atoms with E-state index in [1.54, 1.807) is 0 Å². The van der Waals surface area contributed by atoms with Crippen LogP contribution < -0.4 is 19.5 Å². The number of fused-ring (bicyclic) bond motifs is 1. The van der Waals surface area contributed by atoms with E-state index in [0.29, 0.717) is 28.9 Å². The van der Waals surface area contributed by atoms with Crippen molar-refractivity contribution in [2.45, 2.75) is 6.42 Å². The summed E-state index contributed by atoms with van der Waals surface area (Å²) in [7, 11) is 1.95. The fraction of sp³-hybridized carbons (Fsp3) is 0.286. The molecule has 0 radical (unpaired) electrons. The second-order valence-corrected chi connectivity index (χ2v) is 7.31. The third-order valence-electron chi connectivity index (χ3n) is 4.63. The van der Waals surface area contributed by atoms with E-state index in [9.17, 15) is 5.26 Å². The van der Waals surface area contributed by atoms with E-state index in [2.05, 4.69) is 29.6 Å². The summed E-state index contributed by atoms with van der Waals surface area (Å²) >= 11 is 1.46. The number of likely N-dealkylation sites (N-methyl/N-ethyl adjacent to an activating group) is 1. The number of allylic oxidation sites excluding steroid dienone is 1. The number of nitrogens with one attached hydrogen (secondary N) is 1. The van der Waals surface area contributed by atoms with Crippen LogP contribution in [0.2, 0.25) is 0 Å². The second-order valence-electron chi connectivity index (χ2n) is 6.47. The van der Waals surface area contributed by atoms with Crippen LogP contribution in [0.5, 0.6) is 16.6 Å². The van der Waals surface area contributed by atoms with E-state index in [0.717, 1.165) is 29.8 Å². The summed E-state index contributed by atoms with van der Waals surface area (Å²) in [5.41, 5.74) is 3.67. The Balaban J connectivity index is 1.46. The molecule has 1 unspecified atom stereocenters. The summed E-state index contributed by atoms with van der Waals surface area (Å²) in [6.45, 7) is 1.68. The lowest BCUT2D eigenvalue weighted by Gasteiger charge is -2.16. The minimum Gasteiger partial charge on any atom is -0.482 e. The molecule has 6 heteroatoms. The maximum absolute atomic E-state index is 9.66. The highest BCUT2D eigenvalue weighted by Crippen LogP contribution is 2.41. The largest absolute Gasteiger partial charge is 0.482 e. The van der Waals surface area contributed by atoms with Gasteiger partial charge in [-0.1, -0.05) is 24.3 Å². The molecule has 1 N–H and O–H groups in total. The Morgan fingerprint density at radius 3 is 3.00 bits per heavy atom. The molecule has 2 aromatic rings. The SMILES string of the molecule is CNCC1=CCC(COc2scc(-c3ccc4c(c3)OCO4)c2C#N)C=C1. The third kappa shape index (κ3) is 3.70. The lowest BCUT2D eigenvalue weighted by Crippen LogP contribution is -2.15. The van der Waals surface area contributed by atoms with E-state index in [1.807, 2.05) is 30.6 Å². The van der Waals surface area contributed by atoms with Crippen LogP contribution in [0, 0.1) is 17.2 Å². The fourth-order valence-electron chi connectivity index (χ4n) is 3.18. The lowest BCUT2D eigenvalue weighted by atomic mass is 9.97. The van der Waals surface area contributed by atoms with E-state index >= 15 is 0 Å². The van der Waals surface area contributed by atoms with E-state index < -0.39 is 0 Å². The van der Waals surface area contributed by atoms with Gasteiger partial charge >= 0.3 is 0 Å². The van der Waals surface area contributed by atoms with Gasteiger partial charge in [0, 0.05) is 23.4 Å². The van der Waals surface area contributed by atoms with Crippen molar-refractivity contribution in [1.82, 2.24) is 5.32 Å². The third-order valence-corrected chi connectivity index (χ3v) is 5.52. The second kappa shape index (κ2) is 7.87. The minimum absolute atomic E-state index is 0.237. The molecule has 2 aliphatic rings. The van der Waals surface area contributed by atoms with Gasteiger partial charge in [0.1, 0.15) is 11.6 Å². The van der Waals surface area contributed by atoms with Gasteiger partial charge < -0.3 is 19.5 Å². The molecular weight excluding hydrogens is 360 g/mol. The summed E-state index contributed by atoms with van der Waals surface area (Å²) in [6, 6.07) is 8.02. The van der Waals surface area contributed by atoms with Crippen LogP contribution in [-0.4, -0.2) is 27.0 Å². The van der Waals surface area contributed by atoms with Crippen molar-refractivity contribution >= 4 is 11.3 Å². The lowest BCUT2D eigenvalue weighted by molar-refractivity contribution is 0.174. The number of nitriles is 1. The van der Waals surface area contributed by atoms with Crippen LogP contribution in [0.15, 0.2) is 47.4 Å². The van der Waals surface area contributed by atoms with Crippen LogP contribution in [0.25, 0.3) is 11.1 Å². The van der Waals surface area contributed by atoms with Gasteiger partial charge in [-0.3, -0.25) is 0 Å². The fourth-order valence-corrected chi connectivity index (χ4v) is 4.07. The molecular formula is C21H20N2O3S. The number of hydrogen-bond donors (Lipinski definition) is 1. The molecule has 0 fully saturated rings. The number of nitrogens with zero attached hydrogens (tertiary/aromatic N) is 1. The van der Waals surface area contributed by atoms with E-state index in [1.165, 1.54) is 16.9 Å². The Bertz CT molecular complexity index is 939. The van der Waals surface area contributed by atoms with E-state index in [-0.39, 0.29) is 6.79 Å². The van der Waals surface area contributed by atoms with E-state index in [4.69, 9.17) is 14.2 Å². The first-order valence-corrected chi connectivity index (χ1v) is 9.72. The summed E-state index contributed by atoms with van der Waals surface area (Å²) < 4.78 is 16.8. The van der Waals surface area contributed by atoms with Gasteiger partial charge in [-0.15, -0.1) is 11.3 Å². The Hall–Kier alpha value is -2.75. The summed E-state index contributed by atoms with van der Waals surface area (Å²) in [6.07, 6.45) is 7.52. The topological polar surface area (TPSA) is 63.5 Å². The van der Waals surface area contributed by atoms with Crippen molar-refractivity contribution in [1.29, 1.82) is 5.26 Å². The van der Waals surface area contributed by atoms with Gasteiger partial charge in [-0.2, -0.15) is 5.26 Å². The Labute approximate surface area is 162 Å². The van der Waals surface area contributed by atoms with Crippen LogP contribution in [0.4, 0.5) is 0 Å². The average Bonchev–Trinajstić information content (AvgIpc) is 3.33. The van der Waals surface area contributed by atoms with Crippen molar-refractivity contribution in [3.05, 3.63) is 52.9 Å². The van der Waals surface area contributed by atoms with Crippen molar-refractivity contribution in [2.24, 2.45) is 5.92 Å². The summed E-state index contributed by atoms with van der Waals surface area (Å²) in [4.78, 5) is 0. The van der Waals surface area contributed by atoms with Crippen LogP contribution >= 0.6 is 11.3 Å². The van der Waals surface area contributed by atoms with Gasteiger partial charge in [-0.05, 0) is 36.7 Å². The number of benzene rings is 1. The normalized spacial score (nSPS) is 17.5. The zero-order valence-corrected chi connectivity index (χ0v) is 15.8. The highest BCUT2D eigenvalue weighted by Gasteiger charge is 2.19. The van der Waals surface area contributed by atoms with Crippen LogP contribution in [0.3, 0.4) is 0 Å². The van der Waals surface area contributed by atoms with Crippen LogP contribution in [0.1, 0.15) is 12.0 Å². The molecule has 1 aliphatic heterocycles. The average molecular weight is 380 g/mol. The molecule has 1 aliphatic carbocycles. The molecule has 0 amide bonds. The van der Waals surface area contributed by atoms with Gasteiger partial charge in [-0.25, -0.2) is 0 Å². The molecule has 1 aromatic carbocycles. The predicted molar refractivity (Wildman–Crippen MR) is 105 cm³/mol. The molecule has 138 valence electrons. The number of thiophene rings is 1. The molecule has 27 heavy (non-hydrogen) atoms. The zero-order valence-electron chi connectivity index (χ0n) is 15.0. The predicted octanol–water partition coefficient (Wildman–Crippen LogP) is 4.12. The molecule has 1 aromatic heterocycles. The van der Waals surface area contributed by atoms with Gasteiger partial charge in [0.2, 0.25) is 6.79 Å². The quantitative estimate of drug-likeness (QED) is 0.817. The Morgan fingerprint density at radius 1 is 1.33 bits per heavy atom. The number of hydrogen-bond acceptors (Lipinski definition) is 6. The minimum atomic E-state index is 0.237. The summed E-state index contributed by atoms with van der Waals surface area (Å²) in [5, 5.41) is 15.5. The molecule has 4 rings (SSSR count). The molecule has 0 bridgehead atoms. The smallest absolute Gasteiger partial charge is 0.231 e. The monoisotopic (exact) mass is 380 g/mol. The Kier molecular flexibility index (Phi) is 5.14. The number of ether oxygens (including phenoxy) is 3.